The van der Waals surface area contributed by atoms with E-state index in [-0.39, 0.29) is 5.54 Å². The van der Waals surface area contributed by atoms with Crippen molar-refractivity contribution in [3.05, 3.63) is 22.4 Å². The van der Waals surface area contributed by atoms with Crippen LogP contribution < -0.4 is 5.73 Å². The maximum Gasteiger partial charge on any atom is 0.0446 e. The third-order valence-electron chi connectivity index (χ3n) is 1.10. The van der Waals surface area contributed by atoms with Crippen LogP contribution in [-0.4, -0.2) is 0 Å². The first-order chi connectivity index (χ1) is 4.11. The van der Waals surface area contributed by atoms with E-state index in [1.165, 1.54) is 4.88 Å². The molecule has 1 aromatic rings. The molecular weight excluding hydrogens is 130 g/mol. The SMILES string of the molecule is CC(C)(N)c1c[c]cs1. The van der Waals surface area contributed by atoms with Crippen LogP contribution in [0.5, 0.6) is 0 Å². The summed E-state index contributed by atoms with van der Waals surface area (Å²) in [5, 5.41) is 1.92. The van der Waals surface area contributed by atoms with E-state index in [0.29, 0.717) is 0 Å². The zero-order valence-corrected chi connectivity index (χ0v) is 6.46. The molecule has 1 radical (unpaired) electrons. The standard InChI is InChI=1S/C7H10NS/c1-7(2,8)6-4-3-5-9-6/h4-5H,8H2,1-2H3. The van der Waals surface area contributed by atoms with Gasteiger partial charge in [0.15, 0.2) is 0 Å². The summed E-state index contributed by atoms with van der Waals surface area (Å²) in [6.45, 7) is 3.99. The molecule has 0 spiro atoms. The molecular formula is C7H10NS. The Labute approximate surface area is 59.5 Å². The van der Waals surface area contributed by atoms with E-state index >= 15 is 0 Å². The first-order valence-electron chi connectivity index (χ1n) is 2.84. The number of hydrogen-bond acceptors (Lipinski definition) is 2. The third kappa shape index (κ3) is 1.53. The predicted molar refractivity (Wildman–Crippen MR) is 40.4 cm³/mol. The second-order valence-corrected chi connectivity index (χ2v) is 3.54. The van der Waals surface area contributed by atoms with Crippen LogP contribution in [0, 0.1) is 6.07 Å². The van der Waals surface area contributed by atoms with E-state index in [2.05, 4.69) is 6.07 Å². The van der Waals surface area contributed by atoms with Crippen molar-refractivity contribution in [2.24, 2.45) is 5.73 Å². The normalized spacial score (nSPS) is 11.9. The molecule has 2 heteroatoms. The second-order valence-electron chi connectivity index (χ2n) is 2.63. The predicted octanol–water partition coefficient (Wildman–Crippen LogP) is 1.74. The van der Waals surface area contributed by atoms with Crippen molar-refractivity contribution in [1.29, 1.82) is 0 Å². The fourth-order valence-corrected chi connectivity index (χ4v) is 1.28. The van der Waals surface area contributed by atoms with Gasteiger partial charge >= 0.3 is 0 Å². The molecule has 0 aliphatic carbocycles. The van der Waals surface area contributed by atoms with Crippen LogP contribution in [0.3, 0.4) is 0 Å². The van der Waals surface area contributed by atoms with Crippen LogP contribution in [0.2, 0.25) is 0 Å². The Bertz CT molecular complexity index is 171. The number of nitrogens with two attached hydrogens (primary N) is 1. The van der Waals surface area contributed by atoms with Gasteiger partial charge in [-0.15, -0.1) is 11.3 Å². The Morgan fingerprint density at radius 1 is 1.67 bits per heavy atom. The molecule has 2 N–H and O–H groups in total. The van der Waals surface area contributed by atoms with E-state index in [0.717, 1.165) is 0 Å². The summed E-state index contributed by atoms with van der Waals surface area (Å²) in [5.74, 6) is 0. The van der Waals surface area contributed by atoms with Crippen LogP contribution in [0.1, 0.15) is 18.7 Å². The van der Waals surface area contributed by atoms with Gasteiger partial charge in [0, 0.05) is 10.4 Å². The summed E-state index contributed by atoms with van der Waals surface area (Å²) in [6, 6.07) is 4.91. The topological polar surface area (TPSA) is 26.0 Å². The number of rotatable bonds is 1. The molecule has 0 aliphatic heterocycles. The van der Waals surface area contributed by atoms with Crippen LogP contribution in [0.4, 0.5) is 0 Å². The van der Waals surface area contributed by atoms with E-state index < -0.39 is 0 Å². The summed E-state index contributed by atoms with van der Waals surface area (Å²) < 4.78 is 0. The molecule has 1 heterocycles. The molecule has 0 saturated carbocycles. The fourth-order valence-electron chi connectivity index (χ4n) is 0.579. The fraction of sp³-hybridized carbons (Fsp3) is 0.429. The second kappa shape index (κ2) is 2.12. The van der Waals surface area contributed by atoms with Crippen LogP contribution >= 0.6 is 11.3 Å². The minimum Gasteiger partial charge on any atom is -0.321 e. The van der Waals surface area contributed by atoms with Gasteiger partial charge in [-0.25, -0.2) is 0 Å². The lowest BCUT2D eigenvalue weighted by Gasteiger charge is -2.15. The van der Waals surface area contributed by atoms with Crippen molar-refractivity contribution in [2.75, 3.05) is 0 Å². The van der Waals surface area contributed by atoms with Gasteiger partial charge < -0.3 is 5.73 Å². The van der Waals surface area contributed by atoms with Gasteiger partial charge in [0.25, 0.3) is 0 Å². The highest BCUT2D eigenvalue weighted by Gasteiger charge is 2.13. The number of thiophene rings is 1. The van der Waals surface area contributed by atoms with Crippen LogP contribution in [0.15, 0.2) is 11.4 Å². The molecule has 0 fully saturated rings. The van der Waals surface area contributed by atoms with Crippen molar-refractivity contribution < 1.29 is 0 Å². The lowest BCUT2D eigenvalue weighted by Crippen LogP contribution is -2.27. The largest absolute Gasteiger partial charge is 0.321 e. The minimum absolute atomic E-state index is 0.190. The van der Waals surface area contributed by atoms with Gasteiger partial charge in [-0.2, -0.15) is 0 Å². The van der Waals surface area contributed by atoms with Gasteiger partial charge in [0.2, 0.25) is 0 Å². The first-order valence-corrected chi connectivity index (χ1v) is 3.72. The maximum atomic E-state index is 5.79. The quantitative estimate of drug-likeness (QED) is 0.631. The average Bonchev–Trinajstić information content (AvgIpc) is 2.08. The Balaban J connectivity index is 2.90. The van der Waals surface area contributed by atoms with Crippen molar-refractivity contribution in [3.63, 3.8) is 0 Å². The minimum atomic E-state index is -0.190. The zero-order chi connectivity index (χ0) is 6.91. The first kappa shape index (κ1) is 6.78. The van der Waals surface area contributed by atoms with Crippen LogP contribution in [0.25, 0.3) is 0 Å². The zero-order valence-electron chi connectivity index (χ0n) is 5.64. The molecule has 0 saturated heterocycles. The molecule has 0 bridgehead atoms. The molecule has 1 rings (SSSR count). The molecule has 0 unspecified atom stereocenters. The molecule has 49 valence electrons. The Morgan fingerprint density at radius 2 is 2.33 bits per heavy atom. The van der Waals surface area contributed by atoms with Crippen molar-refractivity contribution in [2.45, 2.75) is 19.4 Å². The van der Waals surface area contributed by atoms with Gasteiger partial charge in [-0.1, -0.05) is 0 Å². The third-order valence-corrected chi connectivity index (χ3v) is 2.26. The van der Waals surface area contributed by atoms with Gasteiger partial charge in [0.05, 0.1) is 0 Å². The smallest absolute Gasteiger partial charge is 0.0446 e. The maximum absolute atomic E-state index is 5.79. The Kier molecular flexibility index (Phi) is 1.60. The summed E-state index contributed by atoms with van der Waals surface area (Å²) in [5.41, 5.74) is 5.60. The summed E-state index contributed by atoms with van der Waals surface area (Å²) in [7, 11) is 0. The van der Waals surface area contributed by atoms with E-state index in [9.17, 15) is 0 Å². The average molecular weight is 140 g/mol. The van der Waals surface area contributed by atoms with Gasteiger partial charge in [-0.3, -0.25) is 0 Å². The molecule has 9 heavy (non-hydrogen) atoms. The van der Waals surface area contributed by atoms with Gasteiger partial charge in [-0.05, 0) is 31.4 Å². The monoisotopic (exact) mass is 140 g/mol. The van der Waals surface area contributed by atoms with Crippen molar-refractivity contribution in [1.82, 2.24) is 0 Å². The lowest BCUT2D eigenvalue weighted by molar-refractivity contribution is 0.567. The summed E-state index contributed by atoms with van der Waals surface area (Å²) >= 11 is 1.65. The highest BCUT2D eigenvalue weighted by Crippen LogP contribution is 2.20. The van der Waals surface area contributed by atoms with E-state index in [1.807, 2.05) is 25.3 Å². The highest BCUT2D eigenvalue weighted by atomic mass is 32.1. The number of hydrogen-bond donors (Lipinski definition) is 1. The molecule has 1 aromatic heterocycles. The summed E-state index contributed by atoms with van der Waals surface area (Å²) in [6.07, 6.45) is 0. The van der Waals surface area contributed by atoms with Crippen LogP contribution in [-0.2, 0) is 5.54 Å². The highest BCUT2D eigenvalue weighted by molar-refractivity contribution is 7.10. The van der Waals surface area contributed by atoms with Gasteiger partial charge in [0.1, 0.15) is 0 Å². The van der Waals surface area contributed by atoms with E-state index in [1.54, 1.807) is 11.3 Å². The molecule has 1 nitrogen and oxygen atoms in total. The van der Waals surface area contributed by atoms with Crippen molar-refractivity contribution >= 4 is 11.3 Å². The lowest BCUT2D eigenvalue weighted by atomic mass is 10.1. The molecule has 0 amide bonds. The summed E-state index contributed by atoms with van der Waals surface area (Å²) in [4.78, 5) is 1.18. The molecule has 0 aliphatic rings. The Morgan fingerprint density at radius 3 is 2.56 bits per heavy atom. The van der Waals surface area contributed by atoms with Crippen molar-refractivity contribution in [3.8, 4) is 0 Å². The Hall–Kier alpha value is -0.340. The molecule has 0 aromatic carbocycles. The van der Waals surface area contributed by atoms with E-state index in [4.69, 9.17) is 5.73 Å². The molecule has 0 atom stereocenters.